The van der Waals surface area contributed by atoms with Gasteiger partial charge in [-0.25, -0.2) is 0 Å². The van der Waals surface area contributed by atoms with Crippen molar-refractivity contribution in [2.75, 3.05) is 12.5 Å². The average molecular weight is 193 g/mol. The highest BCUT2D eigenvalue weighted by Gasteiger charge is 2.22. The van der Waals surface area contributed by atoms with Crippen LogP contribution < -0.4 is 0 Å². The monoisotopic (exact) mass is 192 g/mol. The van der Waals surface area contributed by atoms with E-state index in [-0.39, 0.29) is 11.4 Å². The molecule has 0 unspecified atom stereocenters. The molecular weight excluding hydrogens is 176 g/mol. The van der Waals surface area contributed by atoms with Gasteiger partial charge in [-0.2, -0.15) is 0 Å². The van der Waals surface area contributed by atoms with Crippen LogP contribution >= 0.6 is 11.6 Å². The summed E-state index contributed by atoms with van der Waals surface area (Å²) in [4.78, 5) is 11.2. The van der Waals surface area contributed by atoms with Crippen molar-refractivity contribution in [2.45, 2.75) is 33.6 Å². The number of carbonyl (C=O) groups is 1. The van der Waals surface area contributed by atoms with E-state index in [2.05, 4.69) is 0 Å². The van der Waals surface area contributed by atoms with Crippen molar-refractivity contribution < 1.29 is 9.53 Å². The average Bonchev–Trinajstić information content (AvgIpc) is 1.96. The van der Waals surface area contributed by atoms with Crippen LogP contribution in [-0.2, 0) is 9.53 Å². The van der Waals surface area contributed by atoms with Gasteiger partial charge in [0.2, 0.25) is 0 Å². The number of rotatable bonds is 4. The molecule has 0 radical (unpaired) electrons. The largest absolute Gasteiger partial charge is 0.465 e. The zero-order valence-corrected chi connectivity index (χ0v) is 8.78. The van der Waals surface area contributed by atoms with Crippen molar-refractivity contribution in [1.82, 2.24) is 0 Å². The van der Waals surface area contributed by atoms with Gasteiger partial charge in [-0.3, -0.25) is 4.79 Å². The summed E-state index contributed by atoms with van der Waals surface area (Å²) in [5.41, 5.74) is -0.388. The van der Waals surface area contributed by atoms with E-state index < -0.39 is 0 Å². The third-order valence-corrected chi connectivity index (χ3v) is 1.64. The topological polar surface area (TPSA) is 26.3 Å². The van der Waals surface area contributed by atoms with Crippen LogP contribution in [-0.4, -0.2) is 18.5 Å². The Balaban J connectivity index is 3.45. The number of halogens is 1. The number of esters is 1. The highest BCUT2D eigenvalue weighted by molar-refractivity contribution is 6.17. The summed E-state index contributed by atoms with van der Waals surface area (Å²) in [6, 6.07) is 0. The molecule has 2 nitrogen and oxygen atoms in total. The lowest BCUT2D eigenvalue weighted by Gasteiger charge is -2.16. The SMILES string of the molecule is CC(C)(C)C(=O)OCCCCCl. The molecular formula is C9H17ClO2. The smallest absolute Gasteiger partial charge is 0.311 e. The van der Waals surface area contributed by atoms with Crippen LogP contribution in [0.25, 0.3) is 0 Å². The number of unbranched alkanes of at least 4 members (excludes halogenated alkanes) is 1. The minimum atomic E-state index is -0.388. The van der Waals surface area contributed by atoms with Crippen LogP contribution in [0, 0.1) is 5.41 Å². The molecule has 0 atom stereocenters. The number of carbonyl (C=O) groups excluding carboxylic acids is 1. The maximum Gasteiger partial charge on any atom is 0.311 e. The molecule has 12 heavy (non-hydrogen) atoms. The molecule has 0 aliphatic rings. The Labute approximate surface area is 79.2 Å². The molecule has 0 N–H and O–H groups in total. The van der Waals surface area contributed by atoms with E-state index in [0.29, 0.717) is 12.5 Å². The van der Waals surface area contributed by atoms with Crippen LogP contribution in [0.1, 0.15) is 33.6 Å². The third kappa shape index (κ3) is 5.42. The summed E-state index contributed by atoms with van der Waals surface area (Å²) in [5, 5.41) is 0. The van der Waals surface area contributed by atoms with E-state index in [1.54, 1.807) is 0 Å². The van der Waals surface area contributed by atoms with Crippen molar-refractivity contribution in [3.8, 4) is 0 Å². The maximum absolute atomic E-state index is 11.2. The van der Waals surface area contributed by atoms with Gasteiger partial charge in [0.25, 0.3) is 0 Å². The molecule has 0 bridgehead atoms. The number of ether oxygens (including phenoxy) is 1. The molecule has 0 spiro atoms. The highest BCUT2D eigenvalue weighted by atomic mass is 35.5. The minimum absolute atomic E-state index is 0.142. The first kappa shape index (κ1) is 11.8. The Kier molecular flexibility index (Phi) is 5.31. The fourth-order valence-electron chi connectivity index (χ4n) is 0.578. The lowest BCUT2D eigenvalue weighted by atomic mass is 9.97. The lowest BCUT2D eigenvalue weighted by Crippen LogP contribution is -2.23. The van der Waals surface area contributed by atoms with Gasteiger partial charge in [-0.05, 0) is 33.6 Å². The van der Waals surface area contributed by atoms with Gasteiger partial charge in [-0.15, -0.1) is 11.6 Å². The van der Waals surface area contributed by atoms with Gasteiger partial charge in [0.1, 0.15) is 0 Å². The molecule has 0 aliphatic heterocycles. The van der Waals surface area contributed by atoms with Crippen molar-refractivity contribution in [3.63, 3.8) is 0 Å². The summed E-state index contributed by atoms with van der Waals surface area (Å²) < 4.78 is 5.01. The van der Waals surface area contributed by atoms with Crippen molar-refractivity contribution in [1.29, 1.82) is 0 Å². The summed E-state index contributed by atoms with van der Waals surface area (Å²) >= 11 is 5.47. The minimum Gasteiger partial charge on any atom is -0.465 e. The van der Waals surface area contributed by atoms with E-state index in [0.717, 1.165) is 12.8 Å². The van der Waals surface area contributed by atoms with Crippen LogP contribution in [0.15, 0.2) is 0 Å². The summed E-state index contributed by atoms with van der Waals surface area (Å²) in [7, 11) is 0. The molecule has 72 valence electrons. The normalized spacial score (nSPS) is 11.3. The molecule has 0 aromatic heterocycles. The Morgan fingerprint density at radius 3 is 2.33 bits per heavy atom. The molecule has 0 rings (SSSR count). The molecule has 0 amide bonds. The van der Waals surface area contributed by atoms with Crippen LogP contribution in [0.5, 0.6) is 0 Å². The molecule has 0 saturated carbocycles. The van der Waals surface area contributed by atoms with Crippen LogP contribution in [0.4, 0.5) is 0 Å². The van der Waals surface area contributed by atoms with Crippen molar-refractivity contribution in [3.05, 3.63) is 0 Å². The number of alkyl halides is 1. The molecule has 0 aromatic rings. The number of hydrogen-bond donors (Lipinski definition) is 0. The predicted molar refractivity (Wildman–Crippen MR) is 50.4 cm³/mol. The molecule has 3 heteroatoms. The van der Waals surface area contributed by atoms with Gasteiger partial charge in [0, 0.05) is 5.88 Å². The standard InChI is InChI=1S/C9H17ClO2/c1-9(2,3)8(11)12-7-5-4-6-10/h4-7H2,1-3H3. The Morgan fingerprint density at radius 2 is 1.92 bits per heavy atom. The van der Waals surface area contributed by atoms with E-state index in [1.165, 1.54) is 0 Å². The molecule has 0 fully saturated rings. The zero-order chi connectivity index (χ0) is 9.61. The Morgan fingerprint density at radius 1 is 1.33 bits per heavy atom. The molecule has 0 heterocycles. The van der Waals surface area contributed by atoms with Gasteiger partial charge in [0.15, 0.2) is 0 Å². The Hall–Kier alpha value is -0.240. The summed E-state index contributed by atoms with van der Waals surface area (Å²) in [6.45, 7) is 6.02. The second-order valence-electron chi connectivity index (χ2n) is 3.78. The quantitative estimate of drug-likeness (QED) is 0.389. The Bertz CT molecular complexity index is 138. The first-order valence-electron chi connectivity index (χ1n) is 4.21. The summed E-state index contributed by atoms with van der Waals surface area (Å²) in [6.07, 6.45) is 1.75. The predicted octanol–water partition coefficient (Wildman–Crippen LogP) is 2.59. The second kappa shape index (κ2) is 5.41. The lowest BCUT2D eigenvalue weighted by molar-refractivity contribution is -0.153. The fourth-order valence-corrected chi connectivity index (χ4v) is 0.767. The van der Waals surface area contributed by atoms with Crippen LogP contribution in [0.3, 0.4) is 0 Å². The molecule has 0 aliphatic carbocycles. The zero-order valence-electron chi connectivity index (χ0n) is 8.02. The first-order chi connectivity index (χ1) is 5.48. The summed E-state index contributed by atoms with van der Waals surface area (Å²) in [5.74, 6) is 0.490. The fraction of sp³-hybridized carbons (Fsp3) is 0.889. The van der Waals surface area contributed by atoms with Crippen molar-refractivity contribution in [2.24, 2.45) is 5.41 Å². The van der Waals surface area contributed by atoms with Gasteiger partial charge in [-0.1, -0.05) is 0 Å². The maximum atomic E-state index is 11.2. The third-order valence-electron chi connectivity index (χ3n) is 1.37. The van der Waals surface area contributed by atoms with E-state index >= 15 is 0 Å². The molecule has 0 saturated heterocycles. The first-order valence-corrected chi connectivity index (χ1v) is 4.75. The number of hydrogen-bond acceptors (Lipinski definition) is 2. The molecule has 0 aromatic carbocycles. The highest BCUT2D eigenvalue weighted by Crippen LogP contribution is 2.15. The van der Waals surface area contributed by atoms with E-state index in [1.807, 2.05) is 20.8 Å². The van der Waals surface area contributed by atoms with Crippen molar-refractivity contribution >= 4 is 17.6 Å². The van der Waals surface area contributed by atoms with E-state index in [9.17, 15) is 4.79 Å². The second-order valence-corrected chi connectivity index (χ2v) is 4.16. The van der Waals surface area contributed by atoms with Crippen LogP contribution in [0.2, 0.25) is 0 Å². The van der Waals surface area contributed by atoms with E-state index in [4.69, 9.17) is 16.3 Å². The van der Waals surface area contributed by atoms with Gasteiger partial charge < -0.3 is 4.74 Å². The van der Waals surface area contributed by atoms with Gasteiger partial charge >= 0.3 is 5.97 Å². The van der Waals surface area contributed by atoms with Gasteiger partial charge in [0.05, 0.1) is 12.0 Å².